The van der Waals surface area contributed by atoms with E-state index in [1.165, 1.54) is 0 Å². The fourth-order valence-electron chi connectivity index (χ4n) is 2.68. The van der Waals surface area contributed by atoms with Crippen LogP contribution in [0.2, 0.25) is 0 Å². The van der Waals surface area contributed by atoms with E-state index < -0.39 is 5.60 Å². The van der Waals surface area contributed by atoms with Crippen molar-refractivity contribution in [1.82, 2.24) is 9.88 Å². The number of para-hydroxylation sites is 1. The van der Waals surface area contributed by atoms with Gasteiger partial charge in [0.05, 0.1) is 5.60 Å². The molecule has 1 aromatic carbocycles. The van der Waals surface area contributed by atoms with Gasteiger partial charge >= 0.3 is 0 Å². The SMILES string of the molecule is O=C(Cn1ccc2ccccc21)NCC1(O)CCSCC1. The molecule has 2 heterocycles. The molecule has 21 heavy (non-hydrogen) atoms. The Morgan fingerprint density at radius 2 is 2.05 bits per heavy atom. The van der Waals surface area contributed by atoms with Crippen molar-refractivity contribution in [3.8, 4) is 0 Å². The highest BCUT2D eigenvalue weighted by atomic mass is 32.2. The van der Waals surface area contributed by atoms with E-state index in [2.05, 4.69) is 5.32 Å². The van der Waals surface area contributed by atoms with E-state index in [0.29, 0.717) is 13.1 Å². The number of rotatable bonds is 4. The summed E-state index contributed by atoms with van der Waals surface area (Å²) in [5.41, 5.74) is 0.333. The van der Waals surface area contributed by atoms with E-state index in [1.807, 2.05) is 52.9 Å². The molecule has 1 aliphatic rings. The zero-order valence-electron chi connectivity index (χ0n) is 11.9. The van der Waals surface area contributed by atoms with Crippen LogP contribution in [0.25, 0.3) is 10.9 Å². The lowest BCUT2D eigenvalue weighted by Crippen LogP contribution is -2.46. The van der Waals surface area contributed by atoms with Gasteiger partial charge in [0.1, 0.15) is 6.54 Å². The molecule has 1 fully saturated rings. The molecule has 4 nitrogen and oxygen atoms in total. The molecule has 0 spiro atoms. The number of hydrogen-bond donors (Lipinski definition) is 2. The highest BCUT2D eigenvalue weighted by Crippen LogP contribution is 2.26. The maximum atomic E-state index is 12.1. The minimum Gasteiger partial charge on any atom is -0.388 e. The van der Waals surface area contributed by atoms with Crippen molar-refractivity contribution in [1.29, 1.82) is 0 Å². The van der Waals surface area contributed by atoms with Crippen LogP contribution in [0.15, 0.2) is 36.5 Å². The Morgan fingerprint density at radius 3 is 2.86 bits per heavy atom. The average molecular weight is 304 g/mol. The van der Waals surface area contributed by atoms with Gasteiger partial charge in [-0.1, -0.05) is 18.2 Å². The second kappa shape index (κ2) is 6.12. The maximum Gasteiger partial charge on any atom is 0.240 e. The second-order valence-corrected chi connectivity index (χ2v) is 6.84. The molecule has 5 heteroatoms. The fraction of sp³-hybridized carbons (Fsp3) is 0.438. The van der Waals surface area contributed by atoms with Crippen molar-refractivity contribution < 1.29 is 9.90 Å². The number of benzene rings is 1. The van der Waals surface area contributed by atoms with Crippen molar-refractivity contribution >= 4 is 28.6 Å². The van der Waals surface area contributed by atoms with E-state index in [4.69, 9.17) is 0 Å². The molecule has 0 radical (unpaired) electrons. The van der Waals surface area contributed by atoms with Crippen LogP contribution >= 0.6 is 11.8 Å². The predicted molar refractivity (Wildman–Crippen MR) is 86.5 cm³/mol. The number of thioether (sulfide) groups is 1. The van der Waals surface area contributed by atoms with Crippen molar-refractivity contribution in [2.45, 2.75) is 25.0 Å². The molecular formula is C16H20N2O2S. The first-order valence-corrected chi connectivity index (χ1v) is 8.42. The van der Waals surface area contributed by atoms with Crippen molar-refractivity contribution in [3.63, 3.8) is 0 Å². The van der Waals surface area contributed by atoms with Gasteiger partial charge in [0.25, 0.3) is 0 Å². The van der Waals surface area contributed by atoms with E-state index in [9.17, 15) is 9.90 Å². The first kappa shape index (κ1) is 14.5. The zero-order valence-corrected chi connectivity index (χ0v) is 12.7. The predicted octanol–water partition coefficient (Wildman–Crippen LogP) is 2.02. The summed E-state index contributed by atoms with van der Waals surface area (Å²) in [5.74, 6) is 1.88. The lowest BCUT2D eigenvalue weighted by atomic mass is 9.97. The maximum absolute atomic E-state index is 12.1. The molecule has 0 unspecified atom stereocenters. The Bertz CT molecular complexity index is 632. The zero-order chi connectivity index (χ0) is 14.7. The highest BCUT2D eigenvalue weighted by Gasteiger charge is 2.29. The molecule has 0 bridgehead atoms. The standard InChI is InChI=1S/C16H20N2O2S/c19-15(17-12-16(20)6-9-21-10-7-16)11-18-8-5-13-3-1-2-4-14(13)18/h1-5,8,20H,6-7,9-12H2,(H,17,19). The Labute approximate surface area is 128 Å². The average Bonchev–Trinajstić information content (AvgIpc) is 2.90. The van der Waals surface area contributed by atoms with Gasteiger partial charge in [-0.2, -0.15) is 11.8 Å². The van der Waals surface area contributed by atoms with Gasteiger partial charge in [0, 0.05) is 18.3 Å². The summed E-state index contributed by atoms with van der Waals surface area (Å²) < 4.78 is 1.94. The number of nitrogens with zero attached hydrogens (tertiary/aromatic N) is 1. The number of aromatic nitrogens is 1. The van der Waals surface area contributed by atoms with Crippen LogP contribution < -0.4 is 5.32 Å². The Kier molecular flexibility index (Phi) is 4.22. The number of nitrogens with one attached hydrogen (secondary N) is 1. The van der Waals surface area contributed by atoms with Crippen LogP contribution in [0.3, 0.4) is 0 Å². The van der Waals surface area contributed by atoms with Gasteiger partial charge in [-0.15, -0.1) is 0 Å². The van der Waals surface area contributed by atoms with Gasteiger partial charge in [-0.3, -0.25) is 4.79 Å². The Balaban J connectivity index is 1.59. The van der Waals surface area contributed by atoms with Gasteiger partial charge in [0.2, 0.25) is 5.91 Å². The molecule has 2 aromatic rings. The summed E-state index contributed by atoms with van der Waals surface area (Å²) >= 11 is 1.86. The van der Waals surface area contributed by atoms with Crippen LogP contribution in [-0.2, 0) is 11.3 Å². The van der Waals surface area contributed by atoms with Crippen molar-refractivity contribution in [2.24, 2.45) is 0 Å². The summed E-state index contributed by atoms with van der Waals surface area (Å²) in [6, 6.07) is 10.0. The van der Waals surface area contributed by atoms with E-state index in [0.717, 1.165) is 35.3 Å². The molecule has 2 N–H and O–H groups in total. The first-order chi connectivity index (χ1) is 10.2. The first-order valence-electron chi connectivity index (χ1n) is 7.27. The third-order valence-corrected chi connectivity index (χ3v) is 5.02. The molecule has 1 amide bonds. The third kappa shape index (κ3) is 3.41. The Hall–Kier alpha value is -1.46. The lowest BCUT2D eigenvalue weighted by Gasteiger charge is -2.31. The quantitative estimate of drug-likeness (QED) is 0.908. The fourth-order valence-corrected chi connectivity index (χ4v) is 3.93. The van der Waals surface area contributed by atoms with Crippen LogP contribution in [0, 0.1) is 0 Å². The third-order valence-electron chi connectivity index (χ3n) is 4.03. The second-order valence-electron chi connectivity index (χ2n) is 5.62. The minimum atomic E-state index is -0.723. The number of carbonyl (C=O) groups excluding carboxylic acids is 1. The summed E-state index contributed by atoms with van der Waals surface area (Å²) in [7, 11) is 0. The van der Waals surface area contributed by atoms with Gasteiger partial charge < -0.3 is 15.0 Å². The van der Waals surface area contributed by atoms with E-state index in [1.54, 1.807) is 0 Å². The monoisotopic (exact) mass is 304 g/mol. The van der Waals surface area contributed by atoms with E-state index >= 15 is 0 Å². The Morgan fingerprint density at radius 1 is 1.29 bits per heavy atom. The largest absolute Gasteiger partial charge is 0.388 e. The molecule has 1 aromatic heterocycles. The minimum absolute atomic E-state index is 0.0528. The molecule has 3 rings (SSSR count). The number of fused-ring (bicyclic) bond motifs is 1. The van der Waals surface area contributed by atoms with Gasteiger partial charge in [-0.05, 0) is 41.9 Å². The summed E-state index contributed by atoms with van der Waals surface area (Å²) in [6.45, 7) is 0.643. The molecule has 0 atom stereocenters. The van der Waals surface area contributed by atoms with E-state index in [-0.39, 0.29) is 5.91 Å². The van der Waals surface area contributed by atoms with Crippen LogP contribution in [-0.4, -0.2) is 39.2 Å². The van der Waals surface area contributed by atoms with Gasteiger partial charge in [-0.25, -0.2) is 0 Å². The topological polar surface area (TPSA) is 54.3 Å². The number of carbonyl (C=O) groups is 1. The number of amides is 1. The molecule has 1 saturated heterocycles. The summed E-state index contributed by atoms with van der Waals surface area (Å²) in [5, 5.41) is 14.4. The number of hydrogen-bond acceptors (Lipinski definition) is 3. The van der Waals surface area contributed by atoms with Crippen LogP contribution in [0.1, 0.15) is 12.8 Å². The van der Waals surface area contributed by atoms with Gasteiger partial charge in [0.15, 0.2) is 0 Å². The molecule has 0 aliphatic carbocycles. The molecular weight excluding hydrogens is 284 g/mol. The highest BCUT2D eigenvalue weighted by molar-refractivity contribution is 7.99. The molecule has 0 saturated carbocycles. The van der Waals surface area contributed by atoms with Crippen LogP contribution in [0.4, 0.5) is 0 Å². The van der Waals surface area contributed by atoms with Crippen molar-refractivity contribution in [2.75, 3.05) is 18.1 Å². The van der Waals surface area contributed by atoms with Crippen molar-refractivity contribution in [3.05, 3.63) is 36.5 Å². The molecule has 1 aliphatic heterocycles. The summed E-state index contributed by atoms with van der Waals surface area (Å²) in [6.07, 6.45) is 3.44. The normalized spacial score (nSPS) is 17.8. The smallest absolute Gasteiger partial charge is 0.240 e. The number of aliphatic hydroxyl groups is 1. The summed E-state index contributed by atoms with van der Waals surface area (Å²) in [4.78, 5) is 12.1. The van der Waals surface area contributed by atoms with Crippen LogP contribution in [0.5, 0.6) is 0 Å². The molecule has 112 valence electrons. The lowest BCUT2D eigenvalue weighted by molar-refractivity contribution is -0.123.